The lowest BCUT2D eigenvalue weighted by Gasteiger charge is -2.06. The largest absolute Gasteiger partial charge is 0.409 e. The highest BCUT2D eigenvalue weighted by Crippen LogP contribution is 2.13. The topological polar surface area (TPSA) is 106 Å². The molecule has 0 fully saturated rings. The first-order valence-corrected chi connectivity index (χ1v) is 5.78. The van der Waals surface area contributed by atoms with E-state index in [2.05, 4.69) is 15.6 Å². The SMILES string of the molecule is CSCC(=O)Nc1c(C(N)=NO)cnn1C. The minimum atomic E-state index is -0.164. The van der Waals surface area contributed by atoms with Gasteiger partial charge < -0.3 is 16.3 Å². The van der Waals surface area contributed by atoms with Gasteiger partial charge in [0.2, 0.25) is 5.91 Å². The van der Waals surface area contributed by atoms with Crippen molar-refractivity contribution < 1.29 is 10.0 Å². The molecule has 0 aliphatic carbocycles. The monoisotopic (exact) mass is 243 g/mol. The molecule has 0 aliphatic heterocycles. The second kappa shape index (κ2) is 5.40. The number of carbonyl (C=O) groups excluding carboxylic acids is 1. The molecule has 1 rings (SSSR count). The molecule has 8 heteroatoms. The lowest BCUT2D eigenvalue weighted by molar-refractivity contribution is -0.113. The van der Waals surface area contributed by atoms with Gasteiger partial charge in [0.15, 0.2) is 5.84 Å². The normalized spacial score (nSPS) is 11.5. The molecule has 0 unspecified atom stereocenters. The molecule has 0 atom stereocenters. The van der Waals surface area contributed by atoms with Crippen molar-refractivity contribution in [3.05, 3.63) is 11.8 Å². The second-order valence-electron chi connectivity index (χ2n) is 3.00. The van der Waals surface area contributed by atoms with Gasteiger partial charge in [0.25, 0.3) is 0 Å². The molecule has 0 spiro atoms. The smallest absolute Gasteiger partial charge is 0.235 e. The number of carbonyl (C=O) groups is 1. The lowest BCUT2D eigenvalue weighted by Crippen LogP contribution is -2.21. The van der Waals surface area contributed by atoms with E-state index in [4.69, 9.17) is 10.9 Å². The van der Waals surface area contributed by atoms with Gasteiger partial charge in [-0.25, -0.2) is 0 Å². The van der Waals surface area contributed by atoms with Crippen LogP contribution in [-0.2, 0) is 11.8 Å². The Morgan fingerprint density at radius 3 is 3.06 bits per heavy atom. The Morgan fingerprint density at radius 1 is 1.81 bits per heavy atom. The van der Waals surface area contributed by atoms with Crippen LogP contribution in [0, 0.1) is 0 Å². The van der Waals surface area contributed by atoms with Gasteiger partial charge in [-0.2, -0.15) is 16.9 Å². The molecule has 88 valence electrons. The van der Waals surface area contributed by atoms with Crippen LogP contribution in [0.5, 0.6) is 0 Å². The summed E-state index contributed by atoms with van der Waals surface area (Å²) in [4.78, 5) is 11.4. The van der Waals surface area contributed by atoms with E-state index < -0.39 is 0 Å². The fourth-order valence-electron chi connectivity index (χ4n) is 1.13. The van der Waals surface area contributed by atoms with Gasteiger partial charge in [-0.15, -0.1) is 0 Å². The summed E-state index contributed by atoms with van der Waals surface area (Å²) in [5.41, 5.74) is 5.84. The Bertz CT molecular complexity index is 415. The van der Waals surface area contributed by atoms with E-state index in [1.165, 1.54) is 22.6 Å². The molecule has 4 N–H and O–H groups in total. The molecule has 0 bridgehead atoms. The van der Waals surface area contributed by atoms with E-state index in [1.807, 2.05) is 6.26 Å². The van der Waals surface area contributed by atoms with E-state index in [1.54, 1.807) is 7.05 Å². The molecule has 0 radical (unpaired) electrons. The van der Waals surface area contributed by atoms with Crippen LogP contribution in [0.2, 0.25) is 0 Å². The first-order chi connectivity index (χ1) is 7.60. The highest BCUT2D eigenvalue weighted by molar-refractivity contribution is 7.99. The molecule has 0 aliphatic rings. The van der Waals surface area contributed by atoms with E-state index in [-0.39, 0.29) is 11.7 Å². The molecule has 7 nitrogen and oxygen atoms in total. The molecule has 0 saturated carbocycles. The minimum absolute atomic E-state index is 0.0902. The van der Waals surface area contributed by atoms with Crippen molar-refractivity contribution in [1.29, 1.82) is 0 Å². The van der Waals surface area contributed by atoms with Crippen molar-refractivity contribution in [3.8, 4) is 0 Å². The lowest BCUT2D eigenvalue weighted by atomic mass is 10.3. The van der Waals surface area contributed by atoms with Crippen LogP contribution >= 0.6 is 11.8 Å². The molecule has 0 saturated heterocycles. The highest BCUT2D eigenvalue weighted by atomic mass is 32.2. The number of nitrogens with zero attached hydrogens (tertiary/aromatic N) is 3. The molecule has 16 heavy (non-hydrogen) atoms. The van der Waals surface area contributed by atoms with Crippen molar-refractivity contribution in [3.63, 3.8) is 0 Å². The zero-order valence-corrected chi connectivity index (χ0v) is 9.78. The molecular weight excluding hydrogens is 230 g/mol. The van der Waals surface area contributed by atoms with Crippen LogP contribution in [0.3, 0.4) is 0 Å². The van der Waals surface area contributed by atoms with Gasteiger partial charge >= 0.3 is 0 Å². The van der Waals surface area contributed by atoms with Gasteiger partial charge in [0, 0.05) is 7.05 Å². The first kappa shape index (κ1) is 12.4. The summed E-state index contributed by atoms with van der Waals surface area (Å²) in [6, 6.07) is 0. The maximum Gasteiger partial charge on any atom is 0.235 e. The third-order valence-electron chi connectivity index (χ3n) is 1.86. The predicted octanol–water partition coefficient (Wildman–Crippen LogP) is -0.184. The van der Waals surface area contributed by atoms with Crippen LogP contribution in [0.15, 0.2) is 11.4 Å². The van der Waals surface area contributed by atoms with Gasteiger partial charge in [0.1, 0.15) is 5.82 Å². The maximum atomic E-state index is 11.4. The Hall–Kier alpha value is -1.70. The average molecular weight is 243 g/mol. The molecule has 1 aromatic rings. The van der Waals surface area contributed by atoms with Gasteiger partial charge in [-0.3, -0.25) is 9.48 Å². The van der Waals surface area contributed by atoms with E-state index in [0.29, 0.717) is 17.1 Å². The number of hydrogen-bond donors (Lipinski definition) is 3. The fraction of sp³-hybridized carbons (Fsp3) is 0.375. The number of amidine groups is 1. The van der Waals surface area contributed by atoms with Crippen molar-refractivity contribution in [2.24, 2.45) is 17.9 Å². The number of amides is 1. The molecular formula is C8H13N5O2S. The number of thioether (sulfide) groups is 1. The molecule has 1 amide bonds. The number of aryl methyl sites for hydroxylation is 1. The standard InChI is InChI=1S/C8H13N5O2S/c1-13-8(11-6(14)4-16-2)5(3-10-13)7(9)12-15/h3,15H,4H2,1-2H3,(H2,9,12)(H,11,14). The van der Waals surface area contributed by atoms with Crippen molar-refractivity contribution >= 4 is 29.3 Å². The molecule has 1 aromatic heterocycles. The average Bonchev–Trinajstić information content (AvgIpc) is 2.60. The van der Waals surface area contributed by atoms with E-state index in [0.717, 1.165) is 0 Å². The number of nitrogens with two attached hydrogens (primary N) is 1. The van der Waals surface area contributed by atoms with Gasteiger partial charge in [-0.05, 0) is 6.26 Å². The summed E-state index contributed by atoms with van der Waals surface area (Å²) < 4.78 is 1.45. The summed E-state index contributed by atoms with van der Waals surface area (Å²) >= 11 is 1.40. The summed E-state index contributed by atoms with van der Waals surface area (Å²) in [6.07, 6.45) is 3.25. The van der Waals surface area contributed by atoms with Gasteiger partial charge in [0.05, 0.1) is 17.5 Å². The van der Waals surface area contributed by atoms with E-state index in [9.17, 15) is 4.79 Å². The summed E-state index contributed by atoms with van der Waals surface area (Å²) in [5.74, 6) is 0.492. The molecule has 1 heterocycles. The Kier molecular flexibility index (Phi) is 4.18. The zero-order chi connectivity index (χ0) is 12.1. The number of hydrogen-bond acceptors (Lipinski definition) is 5. The minimum Gasteiger partial charge on any atom is -0.409 e. The number of nitrogens with one attached hydrogen (secondary N) is 1. The van der Waals surface area contributed by atoms with Crippen molar-refractivity contribution in [1.82, 2.24) is 9.78 Å². The summed E-state index contributed by atoms with van der Waals surface area (Å²) in [6.45, 7) is 0. The number of rotatable bonds is 4. The first-order valence-electron chi connectivity index (χ1n) is 4.38. The van der Waals surface area contributed by atoms with Gasteiger partial charge in [-0.1, -0.05) is 5.16 Å². The van der Waals surface area contributed by atoms with Crippen LogP contribution in [-0.4, -0.2) is 38.7 Å². The van der Waals surface area contributed by atoms with E-state index >= 15 is 0 Å². The third kappa shape index (κ3) is 2.66. The van der Waals surface area contributed by atoms with Crippen molar-refractivity contribution in [2.75, 3.05) is 17.3 Å². The highest BCUT2D eigenvalue weighted by Gasteiger charge is 2.14. The summed E-state index contributed by atoms with van der Waals surface area (Å²) in [5, 5.41) is 18.0. The van der Waals surface area contributed by atoms with Crippen LogP contribution in [0.1, 0.15) is 5.56 Å². The summed E-state index contributed by atoms with van der Waals surface area (Å²) in [7, 11) is 1.66. The van der Waals surface area contributed by atoms with Crippen LogP contribution in [0.25, 0.3) is 0 Å². The number of anilines is 1. The third-order valence-corrected chi connectivity index (χ3v) is 2.41. The molecule has 0 aromatic carbocycles. The quantitative estimate of drug-likeness (QED) is 0.294. The Morgan fingerprint density at radius 2 is 2.50 bits per heavy atom. The van der Waals surface area contributed by atoms with Crippen molar-refractivity contribution in [2.45, 2.75) is 0 Å². The Labute approximate surface area is 96.7 Å². The zero-order valence-electron chi connectivity index (χ0n) is 8.97. The number of aromatic nitrogens is 2. The fourth-order valence-corrected chi connectivity index (χ4v) is 1.46. The number of oxime groups is 1. The second-order valence-corrected chi connectivity index (χ2v) is 3.86. The Balaban J connectivity index is 2.94. The maximum absolute atomic E-state index is 11.4. The van der Waals surface area contributed by atoms with Crippen LogP contribution < -0.4 is 11.1 Å². The predicted molar refractivity (Wildman–Crippen MR) is 62.7 cm³/mol. The van der Waals surface area contributed by atoms with Crippen LogP contribution in [0.4, 0.5) is 5.82 Å².